The van der Waals surface area contributed by atoms with Crippen LogP contribution in [-0.2, 0) is 14.8 Å². The molecule has 1 aliphatic rings. The molecule has 0 aliphatic carbocycles. The molecule has 4 nitrogen and oxygen atoms in total. The smallest absolute Gasteiger partial charge is 0.241 e. The van der Waals surface area contributed by atoms with Crippen molar-refractivity contribution >= 4 is 27.7 Å². The molecule has 1 aromatic carbocycles. The molecule has 0 fully saturated rings. The Hall–Kier alpha value is -1.01. The van der Waals surface area contributed by atoms with Gasteiger partial charge in [-0.05, 0) is 18.1 Å². The second kappa shape index (κ2) is 5.32. The molecule has 1 heterocycles. The zero-order chi connectivity index (χ0) is 13.2. The minimum absolute atomic E-state index is 0.0136. The number of rotatable bonds is 4. The van der Waals surface area contributed by atoms with E-state index in [-0.39, 0.29) is 11.7 Å². The maximum atomic E-state index is 12.0. The molecule has 98 valence electrons. The van der Waals surface area contributed by atoms with Gasteiger partial charge in [0, 0.05) is 10.6 Å². The third-order valence-electron chi connectivity index (χ3n) is 2.75. The number of carbonyl (C=O) groups excluding carboxylic acids is 1. The highest BCUT2D eigenvalue weighted by Gasteiger charge is 2.30. The van der Waals surface area contributed by atoms with Crippen molar-refractivity contribution in [3.05, 3.63) is 29.8 Å². The van der Waals surface area contributed by atoms with E-state index >= 15 is 0 Å². The van der Waals surface area contributed by atoms with Gasteiger partial charge in [-0.1, -0.05) is 25.1 Å². The van der Waals surface area contributed by atoms with Gasteiger partial charge in [0.05, 0.1) is 11.7 Å². The summed E-state index contributed by atoms with van der Waals surface area (Å²) in [6.07, 6.45) is 0.499. The number of hydrogen-bond acceptors (Lipinski definition) is 4. The second-order valence-electron chi connectivity index (χ2n) is 4.19. The average Bonchev–Trinajstić information content (AvgIpc) is 2.71. The molecule has 18 heavy (non-hydrogen) atoms. The fraction of sp³-hybridized carbons (Fsp3) is 0.417. The van der Waals surface area contributed by atoms with Crippen molar-refractivity contribution in [3.8, 4) is 0 Å². The van der Waals surface area contributed by atoms with E-state index in [1.165, 1.54) is 0 Å². The monoisotopic (exact) mass is 285 g/mol. The van der Waals surface area contributed by atoms with Crippen molar-refractivity contribution in [2.75, 3.05) is 11.5 Å². The molecule has 0 bridgehead atoms. The molecule has 0 aromatic heterocycles. The molecule has 1 N–H and O–H groups in total. The Labute approximate surface area is 111 Å². The zero-order valence-electron chi connectivity index (χ0n) is 10.0. The summed E-state index contributed by atoms with van der Waals surface area (Å²) in [5.41, 5.74) is 0.923. The van der Waals surface area contributed by atoms with Crippen molar-refractivity contribution in [2.24, 2.45) is 0 Å². The summed E-state index contributed by atoms with van der Waals surface area (Å²) in [5.74, 6) is -0.189. The summed E-state index contributed by atoms with van der Waals surface area (Å²) >= 11 is 1.59. The maximum Gasteiger partial charge on any atom is 0.241 e. The van der Waals surface area contributed by atoms with Crippen molar-refractivity contribution in [3.63, 3.8) is 0 Å². The molecule has 1 aliphatic heterocycles. The fourth-order valence-electron chi connectivity index (χ4n) is 1.92. The highest BCUT2D eigenvalue weighted by atomic mass is 32.2. The summed E-state index contributed by atoms with van der Waals surface area (Å²) < 4.78 is 25.3. The van der Waals surface area contributed by atoms with Gasteiger partial charge in [0.1, 0.15) is 0 Å². The molecule has 0 saturated heterocycles. The third kappa shape index (κ3) is 2.87. The Balaban J connectivity index is 2.13. The van der Waals surface area contributed by atoms with Crippen LogP contribution in [0.25, 0.3) is 0 Å². The summed E-state index contributed by atoms with van der Waals surface area (Å²) in [5, 5.41) is 0. The quantitative estimate of drug-likeness (QED) is 0.915. The first-order chi connectivity index (χ1) is 8.53. The van der Waals surface area contributed by atoms with Gasteiger partial charge in [-0.15, -0.1) is 11.8 Å². The summed E-state index contributed by atoms with van der Waals surface area (Å²) in [6, 6.07) is 7.62. The number of benzene rings is 1. The van der Waals surface area contributed by atoms with Crippen LogP contribution in [0.4, 0.5) is 0 Å². The van der Waals surface area contributed by atoms with Crippen molar-refractivity contribution in [1.82, 2.24) is 4.72 Å². The lowest BCUT2D eigenvalue weighted by Gasteiger charge is -2.11. The largest absolute Gasteiger partial charge is 0.273 e. The molecule has 1 aromatic rings. The van der Waals surface area contributed by atoms with Gasteiger partial charge in [0.2, 0.25) is 15.9 Å². The van der Waals surface area contributed by atoms with Crippen LogP contribution in [0.1, 0.15) is 24.8 Å². The Morgan fingerprint density at radius 3 is 2.89 bits per heavy atom. The van der Waals surface area contributed by atoms with Crippen molar-refractivity contribution in [1.29, 1.82) is 0 Å². The normalized spacial score (nSPS) is 18.4. The van der Waals surface area contributed by atoms with E-state index in [4.69, 9.17) is 0 Å². The Morgan fingerprint density at radius 2 is 2.17 bits per heavy atom. The zero-order valence-corrected chi connectivity index (χ0v) is 11.7. The van der Waals surface area contributed by atoms with E-state index in [0.29, 0.717) is 12.2 Å². The topological polar surface area (TPSA) is 63.2 Å². The van der Waals surface area contributed by atoms with E-state index in [2.05, 4.69) is 4.72 Å². The molecule has 1 amide bonds. The predicted molar refractivity (Wildman–Crippen MR) is 72.1 cm³/mol. The number of amides is 1. The van der Waals surface area contributed by atoms with Crippen molar-refractivity contribution in [2.45, 2.75) is 24.2 Å². The van der Waals surface area contributed by atoms with E-state index in [1.54, 1.807) is 18.7 Å². The second-order valence-corrected chi connectivity index (χ2v) is 7.09. The summed E-state index contributed by atoms with van der Waals surface area (Å²) in [4.78, 5) is 13.1. The molecule has 0 spiro atoms. The molecule has 6 heteroatoms. The third-order valence-corrected chi connectivity index (χ3v) is 5.39. The van der Waals surface area contributed by atoms with Gasteiger partial charge in [-0.2, -0.15) is 0 Å². The first-order valence-corrected chi connectivity index (χ1v) is 8.43. The average molecular weight is 285 g/mol. The molecule has 1 atom stereocenters. The molecule has 0 saturated carbocycles. The molecular weight excluding hydrogens is 270 g/mol. The molecule has 0 radical (unpaired) electrons. The predicted octanol–water partition coefficient (Wildman–Crippen LogP) is 1.73. The van der Waals surface area contributed by atoms with E-state index < -0.39 is 15.9 Å². The van der Waals surface area contributed by atoms with Crippen LogP contribution in [0, 0.1) is 0 Å². The number of sulfonamides is 1. The maximum absolute atomic E-state index is 12.0. The Kier molecular flexibility index (Phi) is 3.97. The van der Waals surface area contributed by atoms with Gasteiger partial charge >= 0.3 is 0 Å². The Bertz CT molecular complexity index is 554. The standard InChI is InChI=1S/C12H15NO3S2/c1-2-7-18(15,16)13-12(14)10-8-17-11-6-4-3-5-9(10)11/h3-6,10H,2,7-8H2,1H3,(H,13,14)/t10-/m1/s1. The van der Waals surface area contributed by atoms with Gasteiger partial charge in [-0.3, -0.25) is 9.52 Å². The van der Waals surface area contributed by atoms with Crippen LogP contribution in [0.15, 0.2) is 29.2 Å². The number of hydrogen-bond donors (Lipinski definition) is 1. The van der Waals surface area contributed by atoms with Crippen LogP contribution in [-0.4, -0.2) is 25.8 Å². The number of carbonyl (C=O) groups is 1. The van der Waals surface area contributed by atoms with Crippen LogP contribution in [0.3, 0.4) is 0 Å². The summed E-state index contributed by atoms with van der Waals surface area (Å²) in [6.45, 7) is 1.77. The Morgan fingerprint density at radius 1 is 1.44 bits per heavy atom. The molecule has 0 unspecified atom stereocenters. The lowest BCUT2D eigenvalue weighted by Crippen LogP contribution is -2.36. The van der Waals surface area contributed by atoms with Gasteiger partial charge < -0.3 is 0 Å². The number of thioether (sulfide) groups is 1. The first kappa shape index (κ1) is 13.4. The van der Waals surface area contributed by atoms with Crippen LogP contribution in [0.2, 0.25) is 0 Å². The van der Waals surface area contributed by atoms with E-state index in [0.717, 1.165) is 10.5 Å². The van der Waals surface area contributed by atoms with Crippen molar-refractivity contribution < 1.29 is 13.2 Å². The lowest BCUT2D eigenvalue weighted by atomic mass is 10.0. The lowest BCUT2D eigenvalue weighted by molar-refractivity contribution is -0.120. The molecule has 2 rings (SSSR count). The summed E-state index contributed by atoms with van der Waals surface area (Å²) in [7, 11) is -3.48. The van der Waals surface area contributed by atoms with Gasteiger partial charge in [0.25, 0.3) is 0 Å². The minimum Gasteiger partial charge on any atom is -0.273 e. The highest BCUT2D eigenvalue weighted by Crippen LogP contribution is 2.39. The van der Waals surface area contributed by atoms with Crippen LogP contribution in [0.5, 0.6) is 0 Å². The first-order valence-electron chi connectivity index (χ1n) is 5.79. The van der Waals surface area contributed by atoms with Crippen LogP contribution >= 0.6 is 11.8 Å². The van der Waals surface area contributed by atoms with E-state index in [9.17, 15) is 13.2 Å². The van der Waals surface area contributed by atoms with Gasteiger partial charge in [0.15, 0.2) is 0 Å². The number of nitrogens with one attached hydrogen (secondary N) is 1. The van der Waals surface area contributed by atoms with Crippen LogP contribution < -0.4 is 4.72 Å². The minimum atomic E-state index is -3.48. The fourth-order valence-corrected chi connectivity index (χ4v) is 4.24. The highest BCUT2D eigenvalue weighted by molar-refractivity contribution is 7.99. The molecular formula is C12H15NO3S2. The SMILES string of the molecule is CCCS(=O)(=O)NC(=O)[C@@H]1CSc2ccccc21. The van der Waals surface area contributed by atoms with Gasteiger partial charge in [-0.25, -0.2) is 8.42 Å². The number of fused-ring (bicyclic) bond motifs is 1. The van der Waals surface area contributed by atoms with E-state index in [1.807, 2.05) is 24.3 Å².